The first-order valence-electron chi connectivity index (χ1n) is 14.6. The van der Waals surface area contributed by atoms with Crippen LogP contribution in [0.1, 0.15) is 48.1 Å². The van der Waals surface area contributed by atoms with Crippen LogP contribution in [0, 0.1) is 11.7 Å². The first-order valence-corrected chi connectivity index (χ1v) is 14.6. The van der Waals surface area contributed by atoms with Gasteiger partial charge in [-0.05, 0) is 48.4 Å². The number of halogens is 1. The number of hydrogen-bond donors (Lipinski definition) is 0. The van der Waals surface area contributed by atoms with Crippen LogP contribution in [0.5, 0.6) is 5.75 Å². The van der Waals surface area contributed by atoms with Gasteiger partial charge in [0, 0.05) is 22.4 Å². The molecule has 0 aromatic heterocycles. The van der Waals surface area contributed by atoms with E-state index in [1.165, 1.54) is 12.1 Å². The largest absolute Gasteiger partial charge is 0.473 e. The number of amides is 1. The van der Waals surface area contributed by atoms with Crippen LogP contribution < -0.4 is 9.64 Å². The monoisotopic (exact) mass is 585 g/mol. The van der Waals surface area contributed by atoms with Crippen molar-refractivity contribution < 1.29 is 23.5 Å². The van der Waals surface area contributed by atoms with Gasteiger partial charge in [-0.15, -0.1) is 0 Å². The highest BCUT2D eigenvalue weighted by molar-refractivity contribution is 6.03. The fourth-order valence-electron chi connectivity index (χ4n) is 6.02. The van der Waals surface area contributed by atoms with Gasteiger partial charge in [0.2, 0.25) is 5.91 Å². The molecule has 0 saturated carbocycles. The summed E-state index contributed by atoms with van der Waals surface area (Å²) >= 11 is 0. The number of rotatable bonds is 9. The molecule has 220 valence electrons. The third-order valence-electron chi connectivity index (χ3n) is 7.95. The summed E-state index contributed by atoms with van der Waals surface area (Å²) in [6.45, 7) is 2.10. The smallest absolute Gasteiger partial charge is 0.373 e. The van der Waals surface area contributed by atoms with E-state index in [9.17, 15) is 9.18 Å². The molecule has 0 spiro atoms. The van der Waals surface area contributed by atoms with E-state index in [-0.39, 0.29) is 29.8 Å². The Balaban J connectivity index is 0.00000123. The molecule has 1 fully saturated rings. The van der Waals surface area contributed by atoms with E-state index in [0.717, 1.165) is 40.8 Å². The Hall–Kier alpha value is -5.32. The van der Waals surface area contributed by atoms with E-state index < -0.39 is 5.60 Å². The fraction of sp³-hybridized carbons (Fsp3) is 0.158. The summed E-state index contributed by atoms with van der Waals surface area (Å²) in [6.07, 6.45) is 1.97. The molecule has 1 heterocycles. The number of hydrogen-bond acceptors (Lipinski definition) is 4. The molecule has 0 bridgehead atoms. The second-order valence-electron chi connectivity index (χ2n) is 10.6. The van der Waals surface area contributed by atoms with Crippen LogP contribution in [0.25, 0.3) is 0 Å². The lowest BCUT2D eigenvalue weighted by molar-refractivity contribution is -0.191. The van der Waals surface area contributed by atoms with Crippen LogP contribution in [0.4, 0.5) is 10.1 Å². The SMILES string of the molecule is CCC[C@H]1C(=O)N(c2ccc(F)cc2)[C@@H]1c1ccc(OC(c2ccccc2)(c2ccccc2)c2ccccc2)cc1.O=C=O. The first-order chi connectivity index (χ1) is 21.5. The molecule has 5 aromatic carbocycles. The molecular formula is C38H32FNO4. The highest BCUT2D eigenvalue weighted by Crippen LogP contribution is 2.46. The van der Waals surface area contributed by atoms with Crippen molar-refractivity contribution in [2.45, 2.75) is 31.4 Å². The molecule has 6 rings (SSSR count). The van der Waals surface area contributed by atoms with E-state index in [0.29, 0.717) is 5.69 Å². The van der Waals surface area contributed by atoms with Gasteiger partial charge >= 0.3 is 6.15 Å². The minimum absolute atomic E-state index is 0.0834. The summed E-state index contributed by atoms with van der Waals surface area (Å²) in [5, 5.41) is 0. The van der Waals surface area contributed by atoms with Gasteiger partial charge in [0.15, 0.2) is 5.60 Å². The molecule has 5 aromatic rings. The Labute approximate surface area is 256 Å². The second-order valence-corrected chi connectivity index (χ2v) is 10.6. The third kappa shape index (κ3) is 5.94. The Morgan fingerprint density at radius 1 is 0.705 bits per heavy atom. The lowest BCUT2D eigenvalue weighted by Crippen LogP contribution is -2.55. The Bertz CT molecular complexity index is 1590. The number of β-lactam (4-membered cyclic amide) rings is 1. The Morgan fingerprint density at radius 2 is 1.16 bits per heavy atom. The van der Waals surface area contributed by atoms with Crippen molar-refractivity contribution in [2.75, 3.05) is 4.90 Å². The van der Waals surface area contributed by atoms with Crippen LogP contribution in [0.15, 0.2) is 140 Å². The van der Waals surface area contributed by atoms with Gasteiger partial charge < -0.3 is 9.64 Å². The normalized spacial score (nSPS) is 15.8. The standard InChI is InChI=1S/C37H32FNO2.CO2/c1-2-12-34-35(39(36(34)40)32-23-21-31(38)22-24-32)27-19-25-33(26-20-27)41-37(28-13-6-3-7-14-28,29-15-8-4-9-16-29)30-17-10-5-11-18-30;2-1-3/h3-11,13-26,34-35H,2,12H2,1H3;/t34-,35-;/m1./s1. The zero-order chi connectivity index (χ0) is 30.9. The summed E-state index contributed by atoms with van der Waals surface area (Å²) in [5.41, 5.74) is 3.95. The molecule has 0 aliphatic carbocycles. The molecular weight excluding hydrogens is 553 g/mol. The van der Waals surface area contributed by atoms with Crippen LogP contribution in [0.2, 0.25) is 0 Å². The molecule has 0 radical (unpaired) electrons. The van der Waals surface area contributed by atoms with Gasteiger partial charge in [-0.1, -0.05) is 116 Å². The van der Waals surface area contributed by atoms with Crippen molar-refractivity contribution in [3.8, 4) is 5.75 Å². The van der Waals surface area contributed by atoms with Crippen LogP contribution >= 0.6 is 0 Å². The molecule has 0 unspecified atom stereocenters. The van der Waals surface area contributed by atoms with E-state index in [4.69, 9.17) is 14.3 Å². The number of benzene rings is 5. The summed E-state index contributed by atoms with van der Waals surface area (Å²) in [5.74, 6) is 0.383. The fourth-order valence-corrected chi connectivity index (χ4v) is 6.02. The summed E-state index contributed by atoms with van der Waals surface area (Å²) < 4.78 is 20.7. The zero-order valence-electron chi connectivity index (χ0n) is 24.3. The van der Waals surface area contributed by atoms with E-state index in [1.807, 2.05) is 66.7 Å². The van der Waals surface area contributed by atoms with Gasteiger partial charge in [-0.2, -0.15) is 9.59 Å². The highest BCUT2D eigenvalue weighted by atomic mass is 19.1. The summed E-state index contributed by atoms with van der Waals surface area (Å²) in [7, 11) is 0. The number of anilines is 1. The molecule has 2 atom stereocenters. The number of nitrogens with zero attached hydrogens (tertiary/aromatic N) is 1. The second kappa shape index (κ2) is 13.8. The Morgan fingerprint density at radius 3 is 1.59 bits per heavy atom. The molecule has 44 heavy (non-hydrogen) atoms. The van der Waals surface area contributed by atoms with Gasteiger partial charge in [0.1, 0.15) is 11.6 Å². The van der Waals surface area contributed by atoms with Crippen LogP contribution in [0.3, 0.4) is 0 Å². The molecule has 1 saturated heterocycles. The topological polar surface area (TPSA) is 63.7 Å². The van der Waals surface area contributed by atoms with Crippen LogP contribution in [-0.2, 0) is 20.0 Å². The maximum absolute atomic E-state index is 13.6. The average Bonchev–Trinajstić information content (AvgIpc) is 3.07. The van der Waals surface area contributed by atoms with E-state index in [1.54, 1.807) is 17.0 Å². The highest BCUT2D eigenvalue weighted by Gasteiger charge is 2.48. The van der Waals surface area contributed by atoms with E-state index in [2.05, 4.69) is 55.5 Å². The number of carbonyl (C=O) groups excluding carboxylic acids is 3. The first kappa shape index (κ1) is 30.1. The molecule has 1 amide bonds. The zero-order valence-corrected chi connectivity index (χ0v) is 24.3. The molecule has 1 aliphatic heterocycles. The number of ether oxygens (including phenoxy) is 1. The van der Waals surface area contributed by atoms with Crippen molar-refractivity contribution in [1.82, 2.24) is 0 Å². The molecule has 1 aliphatic rings. The predicted molar refractivity (Wildman–Crippen MR) is 166 cm³/mol. The Kier molecular flexibility index (Phi) is 9.43. The lowest BCUT2D eigenvalue weighted by Gasteiger charge is -2.47. The van der Waals surface area contributed by atoms with Crippen molar-refractivity contribution in [3.05, 3.63) is 168 Å². The summed E-state index contributed by atoms with van der Waals surface area (Å²) in [4.78, 5) is 31.2. The predicted octanol–water partition coefficient (Wildman–Crippen LogP) is 8.12. The van der Waals surface area contributed by atoms with Gasteiger partial charge in [0.05, 0.1) is 12.0 Å². The van der Waals surface area contributed by atoms with Crippen LogP contribution in [-0.4, -0.2) is 12.1 Å². The minimum atomic E-state index is -0.872. The van der Waals surface area contributed by atoms with Crippen molar-refractivity contribution in [1.29, 1.82) is 0 Å². The molecule has 5 nitrogen and oxygen atoms in total. The van der Waals surface area contributed by atoms with Crippen molar-refractivity contribution >= 4 is 17.7 Å². The van der Waals surface area contributed by atoms with Gasteiger partial charge in [-0.25, -0.2) is 4.39 Å². The molecule has 6 heteroatoms. The van der Waals surface area contributed by atoms with Crippen molar-refractivity contribution in [2.24, 2.45) is 5.92 Å². The number of carbonyl (C=O) groups is 1. The lowest BCUT2D eigenvalue weighted by atomic mass is 9.79. The summed E-state index contributed by atoms with van der Waals surface area (Å²) in [6, 6.07) is 45.0. The maximum atomic E-state index is 13.6. The minimum Gasteiger partial charge on any atom is -0.473 e. The molecule has 0 N–H and O–H groups in total. The quantitative estimate of drug-likeness (QED) is 0.129. The van der Waals surface area contributed by atoms with Gasteiger partial charge in [0.25, 0.3) is 0 Å². The third-order valence-corrected chi connectivity index (χ3v) is 7.95. The van der Waals surface area contributed by atoms with E-state index >= 15 is 0 Å². The van der Waals surface area contributed by atoms with Crippen molar-refractivity contribution in [3.63, 3.8) is 0 Å². The average molecular weight is 586 g/mol. The van der Waals surface area contributed by atoms with Gasteiger partial charge in [-0.3, -0.25) is 4.79 Å². The maximum Gasteiger partial charge on any atom is 0.373 e.